The molecule has 2 atom stereocenters. The SMILES string of the molecule is CCN1CCCC(NC2CCCCC2(C)C)CC1. The first-order valence-corrected chi connectivity index (χ1v) is 8.10. The van der Waals surface area contributed by atoms with E-state index in [0.29, 0.717) is 5.41 Å². The number of hydrogen-bond acceptors (Lipinski definition) is 2. The Kier molecular flexibility index (Phi) is 5.08. The third-order valence-electron chi connectivity index (χ3n) is 5.21. The molecule has 0 aromatic carbocycles. The summed E-state index contributed by atoms with van der Waals surface area (Å²) in [5.74, 6) is 0. The zero-order chi connectivity index (χ0) is 13.0. The van der Waals surface area contributed by atoms with Gasteiger partial charge in [-0.2, -0.15) is 0 Å². The van der Waals surface area contributed by atoms with Crippen LogP contribution in [0.4, 0.5) is 0 Å². The smallest absolute Gasteiger partial charge is 0.0121 e. The molecule has 1 aliphatic carbocycles. The molecule has 0 spiro atoms. The van der Waals surface area contributed by atoms with E-state index in [2.05, 4.69) is 31.0 Å². The lowest BCUT2D eigenvalue weighted by Crippen LogP contribution is -2.48. The molecule has 18 heavy (non-hydrogen) atoms. The van der Waals surface area contributed by atoms with Gasteiger partial charge >= 0.3 is 0 Å². The fraction of sp³-hybridized carbons (Fsp3) is 1.00. The van der Waals surface area contributed by atoms with Crippen LogP contribution < -0.4 is 5.32 Å². The highest BCUT2D eigenvalue weighted by Gasteiger charge is 2.33. The molecular formula is C16H32N2. The van der Waals surface area contributed by atoms with Gasteiger partial charge < -0.3 is 10.2 Å². The van der Waals surface area contributed by atoms with Crippen molar-refractivity contribution in [2.45, 2.75) is 77.8 Å². The van der Waals surface area contributed by atoms with Gasteiger partial charge in [0.1, 0.15) is 0 Å². The summed E-state index contributed by atoms with van der Waals surface area (Å²) in [7, 11) is 0. The minimum Gasteiger partial charge on any atom is -0.311 e. The first kappa shape index (κ1) is 14.3. The van der Waals surface area contributed by atoms with Crippen molar-refractivity contribution in [3.8, 4) is 0 Å². The number of nitrogens with zero attached hydrogens (tertiary/aromatic N) is 1. The molecule has 2 rings (SSSR count). The molecular weight excluding hydrogens is 220 g/mol. The molecule has 2 nitrogen and oxygen atoms in total. The second kappa shape index (κ2) is 6.38. The van der Waals surface area contributed by atoms with E-state index in [0.717, 1.165) is 12.1 Å². The normalized spacial score (nSPS) is 34.2. The number of rotatable bonds is 3. The quantitative estimate of drug-likeness (QED) is 0.828. The maximum Gasteiger partial charge on any atom is 0.0121 e. The molecule has 1 aliphatic heterocycles. The molecule has 2 fully saturated rings. The lowest BCUT2D eigenvalue weighted by Gasteiger charge is -2.41. The molecule has 0 amide bonds. The average Bonchev–Trinajstić information content (AvgIpc) is 2.57. The van der Waals surface area contributed by atoms with Gasteiger partial charge in [-0.15, -0.1) is 0 Å². The van der Waals surface area contributed by atoms with Gasteiger partial charge in [0.05, 0.1) is 0 Å². The van der Waals surface area contributed by atoms with E-state index < -0.39 is 0 Å². The van der Waals surface area contributed by atoms with Gasteiger partial charge in [-0.25, -0.2) is 0 Å². The fourth-order valence-electron chi connectivity index (χ4n) is 3.73. The van der Waals surface area contributed by atoms with Crippen LogP contribution in [0, 0.1) is 5.41 Å². The Morgan fingerprint density at radius 3 is 2.61 bits per heavy atom. The topological polar surface area (TPSA) is 15.3 Å². The highest BCUT2D eigenvalue weighted by molar-refractivity contribution is 4.90. The van der Waals surface area contributed by atoms with E-state index in [1.54, 1.807) is 0 Å². The van der Waals surface area contributed by atoms with Crippen molar-refractivity contribution in [2.75, 3.05) is 19.6 Å². The van der Waals surface area contributed by atoms with Crippen LogP contribution in [0.2, 0.25) is 0 Å². The summed E-state index contributed by atoms with van der Waals surface area (Å²) >= 11 is 0. The molecule has 1 saturated heterocycles. The zero-order valence-corrected chi connectivity index (χ0v) is 12.7. The van der Waals surface area contributed by atoms with Gasteiger partial charge in [0.15, 0.2) is 0 Å². The minimum absolute atomic E-state index is 0.509. The molecule has 0 radical (unpaired) electrons. The van der Waals surface area contributed by atoms with Crippen molar-refractivity contribution in [1.29, 1.82) is 0 Å². The van der Waals surface area contributed by atoms with Crippen LogP contribution in [0.3, 0.4) is 0 Å². The Morgan fingerprint density at radius 1 is 1.06 bits per heavy atom. The monoisotopic (exact) mass is 252 g/mol. The van der Waals surface area contributed by atoms with Crippen LogP contribution in [0.5, 0.6) is 0 Å². The summed E-state index contributed by atoms with van der Waals surface area (Å²) < 4.78 is 0. The highest BCUT2D eigenvalue weighted by atomic mass is 15.1. The largest absolute Gasteiger partial charge is 0.311 e. The first-order valence-electron chi connectivity index (χ1n) is 8.10. The lowest BCUT2D eigenvalue weighted by molar-refractivity contribution is 0.151. The van der Waals surface area contributed by atoms with E-state index >= 15 is 0 Å². The van der Waals surface area contributed by atoms with Gasteiger partial charge in [-0.1, -0.05) is 33.6 Å². The van der Waals surface area contributed by atoms with Crippen LogP contribution in [0.1, 0.15) is 65.7 Å². The summed E-state index contributed by atoms with van der Waals surface area (Å²) in [4.78, 5) is 2.60. The van der Waals surface area contributed by atoms with Gasteiger partial charge in [-0.3, -0.25) is 0 Å². The van der Waals surface area contributed by atoms with Gasteiger partial charge in [0, 0.05) is 12.1 Å². The van der Waals surface area contributed by atoms with Crippen molar-refractivity contribution in [3.63, 3.8) is 0 Å². The molecule has 1 N–H and O–H groups in total. The van der Waals surface area contributed by atoms with Gasteiger partial charge in [0.25, 0.3) is 0 Å². The van der Waals surface area contributed by atoms with E-state index in [4.69, 9.17) is 0 Å². The summed E-state index contributed by atoms with van der Waals surface area (Å²) in [5.41, 5.74) is 0.509. The Hall–Kier alpha value is -0.0800. The van der Waals surface area contributed by atoms with E-state index in [-0.39, 0.29) is 0 Å². The predicted molar refractivity (Wildman–Crippen MR) is 78.9 cm³/mol. The minimum atomic E-state index is 0.509. The first-order chi connectivity index (χ1) is 8.62. The second-order valence-electron chi connectivity index (χ2n) is 7.02. The summed E-state index contributed by atoms with van der Waals surface area (Å²) in [6.45, 7) is 11.0. The van der Waals surface area contributed by atoms with Crippen LogP contribution in [0.25, 0.3) is 0 Å². The Balaban J connectivity index is 1.84. The van der Waals surface area contributed by atoms with Crippen LogP contribution in [-0.4, -0.2) is 36.6 Å². The average molecular weight is 252 g/mol. The Morgan fingerprint density at radius 2 is 1.89 bits per heavy atom. The molecule has 1 saturated carbocycles. The predicted octanol–water partition coefficient (Wildman–Crippen LogP) is 3.42. The standard InChI is InChI=1S/C16H32N2/c1-4-18-12-7-8-14(10-13-18)17-15-9-5-6-11-16(15,2)3/h14-15,17H,4-13H2,1-3H3. The molecule has 0 bridgehead atoms. The molecule has 2 heteroatoms. The second-order valence-corrected chi connectivity index (χ2v) is 7.02. The fourth-order valence-corrected chi connectivity index (χ4v) is 3.73. The maximum absolute atomic E-state index is 4.01. The van der Waals surface area contributed by atoms with Crippen molar-refractivity contribution in [3.05, 3.63) is 0 Å². The molecule has 1 heterocycles. The summed E-state index contributed by atoms with van der Waals surface area (Å²) in [5, 5.41) is 4.01. The number of hydrogen-bond donors (Lipinski definition) is 1. The van der Waals surface area contributed by atoms with Crippen LogP contribution in [0.15, 0.2) is 0 Å². The molecule has 0 aromatic heterocycles. The van der Waals surface area contributed by atoms with Crippen molar-refractivity contribution >= 4 is 0 Å². The molecule has 2 unspecified atom stereocenters. The van der Waals surface area contributed by atoms with Crippen molar-refractivity contribution in [1.82, 2.24) is 10.2 Å². The van der Waals surface area contributed by atoms with Crippen LogP contribution >= 0.6 is 0 Å². The zero-order valence-electron chi connectivity index (χ0n) is 12.7. The number of likely N-dealkylation sites (tertiary alicyclic amines) is 1. The maximum atomic E-state index is 4.01. The van der Waals surface area contributed by atoms with E-state index in [9.17, 15) is 0 Å². The molecule has 106 valence electrons. The summed E-state index contributed by atoms with van der Waals surface area (Å²) in [6, 6.07) is 1.52. The van der Waals surface area contributed by atoms with Crippen molar-refractivity contribution < 1.29 is 0 Å². The lowest BCUT2D eigenvalue weighted by atomic mass is 9.73. The van der Waals surface area contributed by atoms with E-state index in [1.807, 2.05) is 0 Å². The highest BCUT2D eigenvalue weighted by Crippen LogP contribution is 2.36. The molecule has 2 aliphatic rings. The van der Waals surface area contributed by atoms with Gasteiger partial charge in [0.2, 0.25) is 0 Å². The van der Waals surface area contributed by atoms with Gasteiger partial charge in [-0.05, 0) is 57.2 Å². The third kappa shape index (κ3) is 3.71. The third-order valence-corrected chi connectivity index (χ3v) is 5.21. The molecule has 0 aromatic rings. The Bertz CT molecular complexity index is 249. The number of nitrogens with one attached hydrogen (secondary N) is 1. The summed E-state index contributed by atoms with van der Waals surface area (Å²) in [6.07, 6.45) is 9.75. The van der Waals surface area contributed by atoms with Crippen LogP contribution in [-0.2, 0) is 0 Å². The van der Waals surface area contributed by atoms with E-state index in [1.165, 1.54) is 64.6 Å². The van der Waals surface area contributed by atoms with Crippen molar-refractivity contribution in [2.24, 2.45) is 5.41 Å². The Labute approximate surface area is 114 Å².